The van der Waals surface area contributed by atoms with Gasteiger partial charge in [0.05, 0.1) is 0 Å². The quantitative estimate of drug-likeness (QED) is 0.859. The van der Waals surface area contributed by atoms with Crippen molar-refractivity contribution in [1.82, 2.24) is 15.2 Å². The zero-order valence-electron chi connectivity index (χ0n) is 9.14. The SMILES string of the molecule is CN(Cc1ccccc1)c1nc(Cl)nnc1Cl. The van der Waals surface area contributed by atoms with Crippen LogP contribution in [0.15, 0.2) is 30.3 Å². The topological polar surface area (TPSA) is 41.9 Å². The molecule has 2 aromatic rings. The highest BCUT2D eigenvalue weighted by atomic mass is 35.5. The van der Waals surface area contributed by atoms with Gasteiger partial charge in [-0.2, -0.15) is 4.98 Å². The molecule has 0 aliphatic heterocycles. The summed E-state index contributed by atoms with van der Waals surface area (Å²) in [6.45, 7) is 0.676. The molecular formula is C11H10Cl2N4. The van der Waals surface area contributed by atoms with Crippen molar-refractivity contribution in [2.75, 3.05) is 11.9 Å². The van der Waals surface area contributed by atoms with Crippen molar-refractivity contribution in [3.05, 3.63) is 46.3 Å². The Kier molecular flexibility index (Phi) is 3.76. The second-order valence-electron chi connectivity index (χ2n) is 3.54. The van der Waals surface area contributed by atoms with E-state index in [4.69, 9.17) is 23.2 Å². The van der Waals surface area contributed by atoms with E-state index in [1.165, 1.54) is 0 Å². The van der Waals surface area contributed by atoms with Crippen molar-refractivity contribution in [3.8, 4) is 0 Å². The Morgan fingerprint density at radius 2 is 1.82 bits per heavy atom. The van der Waals surface area contributed by atoms with Crippen molar-refractivity contribution < 1.29 is 0 Å². The summed E-state index contributed by atoms with van der Waals surface area (Å²) in [7, 11) is 1.87. The van der Waals surface area contributed by atoms with Crippen LogP contribution in [0.3, 0.4) is 0 Å². The Morgan fingerprint density at radius 3 is 2.53 bits per heavy atom. The van der Waals surface area contributed by atoms with Gasteiger partial charge in [0.25, 0.3) is 0 Å². The van der Waals surface area contributed by atoms with Crippen LogP contribution in [0.5, 0.6) is 0 Å². The molecule has 0 spiro atoms. The van der Waals surface area contributed by atoms with Gasteiger partial charge in [-0.05, 0) is 17.2 Å². The Hall–Kier alpha value is -1.39. The zero-order valence-corrected chi connectivity index (χ0v) is 10.7. The van der Waals surface area contributed by atoms with Gasteiger partial charge in [0, 0.05) is 13.6 Å². The molecular weight excluding hydrogens is 259 g/mol. The molecule has 0 bridgehead atoms. The van der Waals surface area contributed by atoms with Crippen molar-refractivity contribution in [1.29, 1.82) is 0 Å². The predicted octanol–water partition coefficient (Wildman–Crippen LogP) is 2.81. The summed E-state index contributed by atoms with van der Waals surface area (Å²) in [6.07, 6.45) is 0. The predicted molar refractivity (Wildman–Crippen MR) is 68.4 cm³/mol. The molecule has 1 heterocycles. The number of anilines is 1. The number of halogens is 2. The van der Waals surface area contributed by atoms with E-state index in [2.05, 4.69) is 15.2 Å². The first-order valence-corrected chi connectivity index (χ1v) is 5.73. The van der Waals surface area contributed by atoms with Crippen molar-refractivity contribution in [3.63, 3.8) is 0 Å². The van der Waals surface area contributed by atoms with Crippen LogP contribution in [0.25, 0.3) is 0 Å². The Morgan fingerprint density at radius 1 is 1.12 bits per heavy atom. The molecule has 0 fully saturated rings. The molecule has 0 atom stereocenters. The molecule has 6 heteroatoms. The fraction of sp³-hybridized carbons (Fsp3) is 0.182. The highest BCUT2D eigenvalue weighted by Gasteiger charge is 2.11. The van der Waals surface area contributed by atoms with Crippen LogP contribution in [-0.4, -0.2) is 22.2 Å². The fourth-order valence-corrected chi connectivity index (χ4v) is 1.80. The first-order chi connectivity index (χ1) is 8.16. The summed E-state index contributed by atoms with van der Waals surface area (Å²) in [5, 5.41) is 7.63. The van der Waals surface area contributed by atoms with E-state index >= 15 is 0 Å². The lowest BCUT2D eigenvalue weighted by atomic mass is 10.2. The maximum absolute atomic E-state index is 5.92. The second kappa shape index (κ2) is 5.29. The minimum atomic E-state index is 0.0873. The highest BCUT2D eigenvalue weighted by molar-refractivity contribution is 6.32. The third-order valence-corrected chi connectivity index (χ3v) is 2.63. The molecule has 0 N–H and O–H groups in total. The summed E-state index contributed by atoms with van der Waals surface area (Å²) < 4.78 is 0. The van der Waals surface area contributed by atoms with Gasteiger partial charge in [0.15, 0.2) is 11.0 Å². The van der Waals surface area contributed by atoms with E-state index in [9.17, 15) is 0 Å². The largest absolute Gasteiger partial charge is 0.353 e. The number of hydrogen-bond acceptors (Lipinski definition) is 4. The molecule has 0 aliphatic carbocycles. The third-order valence-electron chi connectivity index (χ3n) is 2.23. The van der Waals surface area contributed by atoms with Gasteiger partial charge in [-0.25, -0.2) is 0 Å². The molecule has 0 radical (unpaired) electrons. The molecule has 4 nitrogen and oxygen atoms in total. The minimum Gasteiger partial charge on any atom is -0.353 e. The van der Waals surface area contributed by atoms with Crippen LogP contribution < -0.4 is 4.90 Å². The van der Waals surface area contributed by atoms with Gasteiger partial charge in [0.1, 0.15) is 0 Å². The van der Waals surface area contributed by atoms with Gasteiger partial charge in [0.2, 0.25) is 5.28 Å². The van der Waals surface area contributed by atoms with E-state index in [0.29, 0.717) is 12.4 Å². The molecule has 0 saturated carbocycles. The molecule has 0 aliphatic rings. The van der Waals surface area contributed by atoms with Crippen LogP contribution in [-0.2, 0) is 6.54 Å². The average molecular weight is 269 g/mol. The maximum atomic E-state index is 5.92. The van der Waals surface area contributed by atoms with Gasteiger partial charge in [-0.3, -0.25) is 0 Å². The Bertz CT molecular complexity index is 504. The molecule has 1 aromatic carbocycles. The second-order valence-corrected chi connectivity index (χ2v) is 4.23. The van der Waals surface area contributed by atoms with E-state index in [1.807, 2.05) is 42.3 Å². The first kappa shape index (κ1) is 12.1. The third kappa shape index (κ3) is 3.05. The van der Waals surface area contributed by atoms with E-state index in [0.717, 1.165) is 5.56 Å². The normalized spacial score (nSPS) is 10.3. The smallest absolute Gasteiger partial charge is 0.245 e. The van der Waals surface area contributed by atoms with Crippen molar-refractivity contribution in [2.45, 2.75) is 6.54 Å². The summed E-state index contributed by atoms with van der Waals surface area (Å²) in [5.74, 6) is 0.524. The molecule has 2 rings (SSSR count). The monoisotopic (exact) mass is 268 g/mol. The number of rotatable bonds is 3. The summed E-state index contributed by atoms with van der Waals surface area (Å²) in [5.41, 5.74) is 1.15. The summed E-state index contributed by atoms with van der Waals surface area (Å²) in [6, 6.07) is 9.99. The van der Waals surface area contributed by atoms with E-state index in [1.54, 1.807) is 0 Å². The minimum absolute atomic E-state index is 0.0873. The Balaban J connectivity index is 2.20. The van der Waals surface area contributed by atoms with Crippen LogP contribution in [0, 0.1) is 0 Å². The van der Waals surface area contributed by atoms with E-state index in [-0.39, 0.29) is 10.4 Å². The van der Waals surface area contributed by atoms with Crippen LogP contribution in [0.4, 0.5) is 5.82 Å². The van der Waals surface area contributed by atoms with Gasteiger partial charge >= 0.3 is 0 Å². The lowest BCUT2D eigenvalue weighted by Crippen LogP contribution is -2.19. The van der Waals surface area contributed by atoms with Crippen LogP contribution in [0.1, 0.15) is 5.56 Å². The van der Waals surface area contributed by atoms with Crippen molar-refractivity contribution >= 4 is 29.0 Å². The fourth-order valence-electron chi connectivity index (χ4n) is 1.46. The average Bonchev–Trinajstić information content (AvgIpc) is 2.33. The van der Waals surface area contributed by atoms with Gasteiger partial charge in [-0.1, -0.05) is 41.9 Å². The summed E-state index contributed by atoms with van der Waals surface area (Å²) in [4.78, 5) is 5.93. The number of aromatic nitrogens is 3. The van der Waals surface area contributed by atoms with Crippen molar-refractivity contribution in [2.24, 2.45) is 0 Å². The highest BCUT2D eigenvalue weighted by Crippen LogP contribution is 2.21. The Labute approximate surface area is 109 Å². The molecule has 0 saturated heterocycles. The van der Waals surface area contributed by atoms with Gasteiger partial charge in [-0.15, -0.1) is 10.2 Å². The molecule has 17 heavy (non-hydrogen) atoms. The van der Waals surface area contributed by atoms with E-state index < -0.39 is 0 Å². The summed E-state index contributed by atoms with van der Waals surface area (Å²) >= 11 is 11.6. The maximum Gasteiger partial charge on any atom is 0.245 e. The lowest BCUT2D eigenvalue weighted by Gasteiger charge is -2.18. The van der Waals surface area contributed by atoms with Crippen LogP contribution >= 0.6 is 23.2 Å². The molecule has 0 amide bonds. The number of nitrogens with zero attached hydrogens (tertiary/aromatic N) is 4. The molecule has 88 valence electrons. The van der Waals surface area contributed by atoms with Crippen LogP contribution in [0.2, 0.25) is 10.4 Å². The number of hydrogen-bond donors (Lipinski definition) is 0. The molecule has 0 unspecified atom stereocenters. The van der Waals surface area contributed by atoms with Gasteiger partial charge < -0.3 is 4.90 Å². The molecule has 1 aromatic heterocycles. The zero-order chi connectivity index (χ0) is 12.3. The first-order valence-electron chi connectivity index (χ1n) is 4.97. The lowest BCUT2D eigenvalue weighted by molar-refractivity contribution is 0.862. The number of benzene rings is 1. The standard InChI is InChI=1S/C11H10Cl2N4/c1-17(7-8-5-3-2-4-6-8)10-9(12)15-16-11(13)14-10/h2-6H,7H2,1H3.